The Balaban J connectivity index is 2.14. The lowest BCUT2D eigenvalue weighted by Gasteiger charge is -2.22. The molecule has 168 valence electrons. The molecule has 6 nitrogen and oxygen atoms in total. The molecule has 0 atom stereocenters. The number of methoxy groups -OCH3 is 1. The fourth-order valence-corrected chi connectivity index (χ4v) is 2.92. The second kappa shape index (κ2) is 10.7. The summed E-state index contributed by atoms with van der Waals surface area (Å²) < 4.78 is 43.5. The van der Waals surface area contributed by atoms with E-state index in [0.29, 0.717) is 37.0 Å². The lowest BCUT2D eigenvalue weighted by atomic mass is 10.1. The van der Waals surface area contributed by atoms with E-state index in [0.717, 1.165) is 23.3 Å². The fourth-order valence-electron chi connectivity index (χ4n) is 2.92. The second-order valence-electron chi connectivity index (χ2n) is 6.94. The number of carbonyl (C=O) groups is 1. The molecule has 0 saturated heterocycles. The van der Waals surface area contributed by atoms with E-state index in [9.17, 15) is 18.0 Å². The highest BCUT2D eigenvalue weighted by atomic mass is 19.4. The van der Waals surface area contributed by atoms with Crippen molar-refractivity contribution in [3.05, 3.63) is 59.2 Å². The number of halogens is 3. The summed E-state index contributed by atoms with van der Waals surface area (Å²) in [7, 11) is 3.34. The zero-order valence-electron chi connectivity index (χ0n) is 18.0. The Hall–Kier alpha value is -3.23. The number of guanidine groups is 1. The number of nitrogens with one attached hydrogen (secondary N) is 2. The number of hydrogen-bond acceptors (Lipinski definition) is 3. The minimum Gasteiger partial charge on any atom is -0.495 e. The molecule has 0 aliphatic heterocycles. The molecule has 2 aromatic carbocycles. The van der Waals surface area contributed by atoms with Crippen LogP contribution in [0.25, 0.3) is 0 Å². The van der Waals surface area contributed by atoms with Gasteiger partial charge in [0.15, 0.2) is 5.96 Å². The van der Waals surface area contributed by atoms with E-state index < -0.39 is 11.7 Å². The van der Waals surface area contributed by atoms with Gasteiger partial charge in [0.05, 0.1) is 24.9 Å². The Bertz CT molecular complexity index is 912. The summed E-state index contributed by atoms with van der Waals surface area (Å²) in [5, 5.41) is 5.91. The molecule has 0 bridgehead atoms. The zero-order valence-corrected chi connectivity index (χ0v) is 18.0. The van der Waals surface area contributed by atoms with E-state index in [4.69, 9.17) is 4.74 Å². The van der Waals surface area contributed by atoms with Crippen LogP contribution in [0.15, 0.2) is 47.5 Å². The summed E-state index contributed by atoms with van der Waals surface area (Å²) in [5.41, 5.74) is 1.49. The molecular formula is C22H27F3N4O2. The standard InChI is InChI=1S/C22H27F3N4O2/c1-5-26-21(29(3)14-16-6-9-18(10-7-16)22(23,24)25)27-13-17-8-11-20(31-4)19(12-17)28-15(2)30/h6-12H,5,13-14H2,1-4H3,(H,26,27)(H,28,30). The van der Waals surface area contributed by atoms with Crippen LogP contribution in [0, 0.1) is 0 Å². The van der Waals surface area contributed by atoms with Crippen LogP contribution in [0.3, 0.4) is 0 Å². The second-order valence-corrected chi connectivity index (χ2v) is 6.94. The number of rotatable bonds is 7. The van der Waals surface area contributed by atoms with Crippen molar-refractivity contribution in [3.63, 3.8) is 0 Å². The first kappa shape index (κ1) is 24.0. The molecule has 1 amide bonds. The van der Waals surface area contributed by atoms with E-state index in [1.165, 1.54) is 26.2 Å². The van der Waals surface area contributed by atoms with Crippen LogP contribution in [0.2, 0.25) is 0 Å². The molecule has 0 heterocycles. The van der Waals surface area contributed by atoms with Gasteiger partial charge < -0.3 is 20.3 Å². The van der Waals surface area contributed by atoms with Crippen LogP contribution in [-0.4, -0.2) is 37.5 Å². The Morgan fingerprint density at radius 3 is 2.32 bits per heavy atom. The Morgan fingerprint density at radius 2 is 1.77 bits per heavy atom. The summed E-state index contributed by atoms with van der Waals surface area (Å²) >= 11 is 0. The average molecular weight is 436 g/mol. The van der Waals surface area contributed by atoms with Crippen molar-refractivity contribution in [1.29, 1.82) is 0 Å². The molecule has 31 heavy (non-hydrogen) atoms. The number of ether oxygens (including phenoxy) is 1. The minimum absolute atomic E-state index is 0.205. The third-order valence-electron chi connectivity index (χ3n) is 4.38. The Kier molecular flexibility index (Phi) is 8.30. The largest absolute Gasteiger partial charge is 0.495 e. The SMILES string of the molecule is CCNC(=NCc1ccc(OC)c(NC(C)=O)c1)N(C)Cc1ccc(C(F)(F)F)cc1. The highest BCUT2D eigenvalue weighted by molar-refractivity contribution is 5.90. The smallest absolute Gasteiger partial charge is 0.416 e. The Morgan fingerprint density at radius 1 is 1.13 bits per heavy atom. The van der Waals surface area contributed by atoms with E-state index in [-0.39, 0.29) is 5.91 Å². The van der Waals surface area contributed by atoms with Gasteiger partial charge in [-0.05, 0) is 42.3 Å². The van der Waals surface area contributed by atoms with Crippen molar-refractivity contribution >= 4 is 17.6 Å². The van der Waals surface area contributed by atoms with Gasteiger partial charge in [-0.15, -0.1) is 0 Å². The van der Waals surface area contributed by atoms with E-state index in [1.54, 1.807) is 12.1 Å². The molecule has 2 N–H and O–H groups in total. The molecule has 0 radical (unpaired) electrons. The maximum Gasteiger partial charge on any atom is 0.416 e. The predicted octanol–water partition coefficient (Wildman–Crippen LogP) is 4.27. The number of nitrogens with zero attached hydrogens (tertiary/aromatic N) is 2. The lowest BCUT2D eigenvalue weighted by molar-refractivity contribution is -0.137. The summed E-state index contributed by atoms with van der Waals surface area (Å²) in [4.78, 5) is 17.9. The topological polar surface area (TPSA) is 66.0 Å². The minimum atomic E-state index is -4.35. The number of benzene rings is 2. The summed E-state index contributed by atoms with van der Waals surface area (Å²) in [5.74, 6) is 0.956. The van der Waals surface area contributed by atoms with Crippen LogP contribution in [-0.2, 0) is 24.1 Å². The van der Waals surface area contributed by atoms with Gasteiger partial charge in [-0.25, -0.2) is 4.99 Å². The number of amides is 1. The van der Waals surface area contributed by atoms with Crippen LogP contribution in [0.1, 0.15) is 30.5 Å². The predicted molar refractivity (Wildman–Crippen MR) is 115 cm³/mol. The van der Waals surface area contributed by atoms with Crippen LogP contribution < -0.4 is 15.4 Å². The quantitative estimate of drug-likeness (QED) is 0.503. The molecule has 0 spiro atoms. The third kappa shape index (κ3) is 7.20. The maximum absolute atomic E-state index is 12.7. The zero-order chi connectivity index (χ0) is 23.0. The molecule has 0 fully saturated rings. The lowest BCUT2D eigenvalue weighted by Crippen LogP contribution is -2.38. The molecular weight excluding hydrogens is 409 g/mol. The normalized spacial score (nSPS) is 11.8. The molecule has 2 aromatic rings. The monoisotopic (exact) mass is 436 g/mol. The van der Waals surface area contributed by atoms with Crippen molar-refractivity contribution in [2.75, 3.05) is 26.0 Å². The fraction of sp³-hybridized carbons (Fsp3) is 0.364. The van der Waals surface area contributed by atoms with Gasteiger partial charge in [-0.3, -0.25) is 4.79 Å². The van der Waals surface area contributed by atoms with Gasteiger partial charge in [0.25, 0.3) is 0 Å². The van der Waals surface area contributed by atoms with Gasteiger partial charge in [-0.2, -0.15) is 13.2 Å². The van der Waals surface area contributed by atoms with Crippen molar-refractivity contribution in [3.8, 4) is 5.75 Å². The molecule has 0 aliphatic rings. The molecule has 9 heteroatoms. The summed E-state index contributed by atoms with van der Waals surface area (Å²) in [6.45, 7) is 4.73. The summed E-state index contributed by atoms with van der Waals surface area (Å²) in [6, 6.07) is 10.5. The molecule has 2 rings (SSSR count). The Labute approximate surface area is 180 Å². The van der Waals surface area contributed by atoms with Crippen molar-refractivity contribution in [2.45, 2.75) is 33.1 Å². The molecule has 0 aliphatic carbocycles. The van der Waals surface area contributed by atoms with Crippen molar-refractivity contribution in [1.82, 2.24) is 10.2 Å². The first-order valence-corrected chi connectivity index (χ1v) is 9.74. The van der Waals surface area contributed by atoms with Crippen LogP contribution in [0.5, 0.6) is 5.75 Å². The van der Waals surface area contributed by atoms with E-state index in [1.807, 2.05) is 24.9 Å². The van der Waals surface area contributed by atoms with Gasteiger partial charge in [-0.1, -0.05) is 18.2 Å². The number of carbonyl (C=O) groups excluding carboxylic acids is 1. The first-order chi connectivity index (χ1) is 14.6. The first-order valence-electron chi connectivity index (χ1n) is 9.74. The molecule has 0 saturated carbocycles. The molecule has 0 aromatic heterocycles. The molecule has 0 unspecified atom stereocenters. The number of hydrogen-bond donors (Lipinski definition) is 2. The van der Waals surface area contributed by atoms with Crippen molar-refractivity contribution in [2.24, 2.45) is 4.99 Å². The maximum atomic E-state index is 12.7. The van der Waals surface area contributed by atoms with Gasteiger partial charge >= 0.3 is 6.18 Å². The average Bonchev–Trinajstić information content (AvgIpc) is 2.70. The highest BCUT2D eigenvalue weighted by Gasteiger charge is 2.29. The van der Waals surface area contributed by atoms with Crippen molar-refractivity contribution < 1.29 is 22.7 Å². The van der Waals surface area contributed by atoms with E-state index in [2.05, 4.69) is 15.6 Å². The van der Waals surface area contributed by atoms with Gasteiger partial charge in [0.1, 0.15) is 5.75 Å². The highest BCUT2D eigenvalue weighted by Crippen LogP contribution is 2.29. The third-order valence-corrected chi connectivity index (χ3v) is 4.38. The van der Waals surface area contributed by atoms with Gasteiger partial charge in [0, 0.05) is 27.1 Å². The number of anilines is 1. The number of aliphatic imine (C=N–C) groups is 1. The van der Waals surface area contributed by atoms with Gasteiger partial charge in [0.2, 0.25) is 5.91 Å². The van der Waals surface area contributed by atoms with Crippen LogP contribution in [0.4, 0.5) is 18.9 Å². The number of alkyl halides is 3. The van der Waals surface area contributed by atoms with E-state index >= 15 is 0 Å². The van der Waals surface area contributed by atoms with Crippen LogP contribution >= 0.6 is 0 Å². The summed E-state index contributed by atoms with van der Waals surface area (Å²) in [6.07, 6.45) is -4.35.